The predicted molar refractivity (Wildman–Crippen MR) is 66.5 cm³/mol. The molecular weight excluding hydrogens is 272 g/mol. The van der Waals surface area contributed by atoms with Crippen LogP contribution in [-0.2, 0) is 7.05 Å². The number of hydrogen-bond donors (Lipinski definition) is 1. The third-order valence-corrected chi connectivity index (χ3v) is 2.91. The molecule has 1 aromatic heterocycles. The van der Waals surface area contributed by atoms with E-state index in [9.17, 15) is 4.79 Å². The summed E-state index contributed by atoms with van der Waals surface area (Å²) in [4.78, 5) is 12.1. The Balaban J connectivity index is 1.88. The third kappa shape index (κ3) is 2.08. The van der Waals surface area contributed by atoms with Crippen LogP contribution in [0.1, 0.15) is 10.4 Å². The second-order valence-corrected chi connectivity index (χ2v) is 4.32. The number of carbonyl (C=O) groups is 1. The number of hydrogen-bond acceptors (Lipinski definition) is 5. The molecule has 1 amide bonds. The molecule has 1 aliphatic rings. The van der Waals surface area contributed by atoms with E-state index in [1.807, 2.05) is 0 Å². The van der Waals surface area contributed by atoms with E-state index in [0.717, 1.165) is 0 Å². The summed E-state index contributed by atoms with van der Waals surface area (Å²) >= 11 is 6.01. The van der Waals surface area contributed by atoms with Gasteiger partial charge in [0.1, 0.15) is 6.33 Å². The fourth-order valence-electron chi connectivity index (χ4n) is 1.67. The molecule has 98 valence electrons. The number of aromatic nitrogens is 3. The lowest BCUT2D eigenvalue weighted by molar-refractivity contribution is 0.102. The molecule has 0 fully saturated rings. The van der Waals surface area contributed by atoms with Crippen LogP contribution >= 0.6 is 11.6 Å². The smallest absolute Gasteiger partial charge is 0.258 e. The molecule has 0 bridgehead atoms. The number of halogens is 1. The van der Waals surface area contributed by atoms with Gasteiger partial charge in [0.25, 0.3) is 5.91 Å². The number of ether oxygens (including phenoxy) is 2. The molecule has 0 aliphatic carbocycles. The van der Waals surface area contributed by atoms with E-state index in [1.165, 1.54) is 12.4 Å². The van der Waals surface area contributed by atoms with Crippen molar-refractivity contribution in [2.75, 3.05) is 12.1 Å². The molecule has 0 saturated carbocycles. The maximum atomic E-state index is 12.1. The van der Waals surface area contributed by atoms with Gasteiger partial charge in [-0.15, -0.1) is 10.2 Å². The minimum Gasteiger partial charge on any atom is -0.454 e. The summed E-state index contributed by atoms with van der Waals surface area (Å²) in [5.74, 6) is 0.905. The number of aryl methyl sites for hydroxylation is 1. The first-order valence-electron chi connectivity index (χ1n) is 5.39. The van der Waals surface area contributed by atoms with Crippen molar-refractivity contribution in [1.29, 1.82) is 0 Å². The molecule has 7 nitrogen and oxygen atoms in total. The molecule has 1 aliphatic heterocycles. The van der Waals surface area contributed by atoms with Crippen LogP contribution in [-0.4, -0.2) is 27.5 Å². The highest BCUT2D eigenvalue weighted by molar-refractivity contribution is 6.32. The highest BCUT2D eigenvalue weighted by atomic mass is 35.5. The highest BCUT2D eigenvalue weighted by Crippen LogP contribution is 2.39. The molecule has 0 unspecified atom stereocenters. The molecule has 1 N–H and O–H groups in total. The van der Waals surface area contributed by atoms with Gasteiger partial charge in [-0.05, 0) is 12.1 Å². The van der Waals surface area contributed by atoms with Gasteiger partial charge in [-0.25, -0.2) is 0 Å². The Hall–Kier alpha value is -2.28. The molecular formula is C11H9ClN4O3. The number of nitrogens with one attached hydrogen (secondary N) is 1. The quantitative estimate of drug-likeness (QED) is 0.901. The van der Waals surface area contributed by atoms with Gasteiger partial charge in [0.15, 0.2) is 11.5 Å². The molecule has 0 radical (unpaired) electrons. The van der Waals surface area contributed by atoms with Crippen LogP contribution in [0.2, 0.25) is 5.02 Å². The number of nitrogens with zero attached hydrogens (tertiary/aromatic N) is 3. The van der Waals surface area contributed by atoms with E-state index in [1.54, 1.807) is 17.7 Å². The second kappa shape index (κ2) is 4.43. The molecule has 2 heterocycles. The van der Waals surface area contributed by atoms with E-state index in [-0.39, 0.29) is 12.7 Å². The van der Waals surface area contributed by atoms with Crippen LogP contribution in [0.4, 0.5) is 5.95 Å². The zero-order chi connectivity index (χ0) is 13.4. The van der Waals surface area contributed by atoms with Gasteiger partial charge in [0.2, 0.25) is 12.7 Å². The molecule has 0 atom stereocenters. The Bertz CT molecular complexity index is 655. The molecule has 19 heavy (non-hydrogen) atoms. The zero-order valence-electron chi connectivity index (χ0n) is 9.88. The Morgan fingerprint density at radius 2 is 2.32 bits per heavy atom. The van der Waals surface area contributed by atoms with Crippen LogP contribution in [0.15, 0.2) is 18.5 Å². The van der Waals surface area contributed by atoms with Crippen molar-refractivity contribution in [3.8, 4) is 11.5 Å². The van der Waals surface area contributed by atoms with Gasteiger partial charge in [0.05, 0.1) is 5.02 Å². The van der Waals surface area contributed by atoms with Crippen molar-refractivity contribution < 1.29 is 14.3 Å². The average Bonchev–Trinajstić information content (AvgIpc) is 2.99. The third-order valence-electron chi connectivity index (χ3n) is 2.63. The molecule has 8 heteroatoms. The first-order chi connectivity index (χ1) is 9.15. The lowest BCUT2D eigenvalue weighted by Gasteiger charge is -2.06. The zero-order valence-corrected chi connectivity index (χ0v) is 10.6. The first-order valence-corrected chi connectivity index (χ1v) is 5.77. The predicted octanol–water partition coefficient (Wildman–Crippen LogP) is 1.45. The van der Waals surface area contributed by atoms with Crippen molar-refractivity contribution in [1.82, 2.24) is 14.8 Å². The van der Waals surface area contributed by atoms with Crippen LogP contribution in [0, 0.1) is 0 Å². The van der Waals surface area contributed by atoms with Crippen molar-refractivity contribution in [2.45, 2.75) is 0 Å². The van der Waals surface area contributed by atoms with Gasteiger partial charge >= 0.3 is 0 Å². The van der Waals surface area contributed by atoms with E-state index in [2.05, 4.69) is 15.5 Å². The fourth-order valence-corrected chi connectivity index (χ4v) is 1.93. The SMILES string of the molecule is Cn1cnnc1NC(=O)c1cc(Cl)c2c(c1)OCO2. The van der Waals surface area contributed by atoms with Crippen molar-refractivity contribution in [3.63, 3.8) is 0 Å². The fraction of sp³-hybridized carbons (Fsp3) is 0.182. The van der Waals surface area contributed by atoms with Crippen molar-refractivity contribution >= 4 is 23.5 Å². The Morgan fingerprint density at radius 3 is 3.05 bits per heavy atom. The average molecular weight is 281 g/mol. The summed E-state index contributed by atoms with van der Waals surface area (Å²) in [6.45, 7) is 0.101. The maximum Gasteiger partial charge on any atom is 0.258 e. The normalized spacial score (nSPS) is 12.5. The number of carbonyl (C=O) groups excluding carboxylic acids is 1. The van der Waals surface area contributed by atoms with Gasteiger partial charge in [0, 0.05) is 12.6 Å². The monoisotopic (exact) mass is 280 g/mol. The summed E-state index contributed by atoms with van der Waals surface area (Å²) < 4.78 is 12.0. The largest absolute Gasteiger partial charge is 0.454 e. The van der Waals surface area contributed by atoms with Gasteiger partial charge in [-0.1, -0.05) is 11.6 Å². The summed E-state index contributed by atoms with van der Waals surface area (Å²) in [6, 6.07) is 3.08. The number of benzene rings is 1. The minimum atomic E-state index is -0.351. The van der Waals surface area contributed by atoms with Gasteiger partial charge in [-0.3, -0.25) is 10.1 Å². The highest BCUT2D eigenvalue weighted by Gasteiger charge is 2.21. The van der Waals surface area contributed by atoms with E-state index < -0.39 is 0 Å². The summed E-state index contributed by atoms with van der Waals surface area (Å²) in [5, 5.41) is 10.4. The van der Waals surface area contributed by atoms with Crippen LogP contribution < -0.4 is 14.8 Å². The first kappa shape index (κ1) is 11.8. The Kier molecular flexibility index (Phi) is 2.75. The van der Waals surface area contributed by atoms with Crippen LogP contribution in [0.3, 0.4) is 0 Å². The van der Waals surface area contributed by atoms with Gasteiger partial charge < -0.3 is 14.0 Å². The molecule has 3 rings (SSSR count). The lowest BCUT2D eigenvalue weighted by Crippen LogP contribution is -2.15. The van der Waals surface area contributed by atoms with Crippen LogP contribution in [0.5, 0.6) is 11.5 Å². The topological polar surface area (TPSA) is 78.3 Å². The molecule has 2 aromatic rings. The maximum absolute atomic E-state index is 12.1. The second-order valence-electron chi connectivity index (χ2n) is 3.91. The number of fused-ring (bicyclic) bond motifs is 1. The van der Waals surface area contributed by atoms with Crippen molar-refractivity contribution in [3.05, 3.63) is 29.0 Å². The molecule has 1 aromatic carbocycles. The lowest BCUT2D eigenvalue weighted by atomic mass is 10.2. The van der Waals surface area contributed by atoms with E-state index >= 15 is 0 Å². The standard InChI is InChI=1S/C11H9ClN4O3/c1-16-4-13-15-11(16)14-10(17)6-2-7(12)9-8(3-6)18-5-19-9/h2-4H,5H2,1H3,(H,14,15,17). The molecule has 0 saturated heterocycles. The summed E-state index contributed by atoms with van der Waals surface area (Å²) in [5.41, 5.74) is 0.359. The van der Waals surface area contributed by atoms with E-state index in [4.69, 9.17) is 21.1 Å². The summed E-state index contributed by atoms with van der Waals surface area (Å²) in [7, 11) is 1.72. The number of amides is 1. The minimum absolute atomic E-state index is 0.101. The summed E-state index contributed by atoms with van der Waals surface area (Å²) in [6.07, 6.45) is 1.49. The van der Waals surface area contributed by atoms with Crippen LogP contribution in [0.25, 0.3) is 0 Å². The van der Waals surface area contributed by atoms with Gasteiger partial charge in [-0.2, -0.15) is 0 Å². The number of rotatable bonds is 2. The van der Waals surface area contributed by atoms with Crippen molar-refractivity contribution in [2.24, 2.45) is 7.05 Å². The van der Waals surface area contributed by atoms with E-state index in [0.29, 0.717) is 28.0 Å². The number of anilines is 1. The molecule has 0 spiro atoms. The Labute approximate surface area is 113 Å². The Morgan fingerprint density at radius 1 is 1.47 bits per heavy atom.